The van der Waals surface area contributed by atoms with Crippen molar-refractivity contribution >= 4 is 29.7 Å². The normalized spacial score (nSPS) is 19.8. The Hall–Kier alpha value is -3.49. The van der Waals surface area contributed by atoms with Crippen LogP contribution in [-0.2, 0) is 24.0 Å². The molecule has 0 atom stereocenters. The fourth-order valence-electron chi connectivity index (χ4n) is 2.66. The Bertz CT molecular complexity index is 810. The first-order valence-corrected chi connectivity index (χ1v) is 7.34. The molecule has 0 aromatic carbocycles. The first-order chi connectivity index (χ1) is 12.1. The van der Waals surface area contributed by atoms with Gasteiger partial charge in [-0.05, 0) is 18.9 Å². The lowest BCUT2D eigenvalue weighted by molar-refractivity contribution is -0.162. The largest absolute Gasteiger partial charge is 0.480 e. The van der Waals surface area contributed by atoms with E-state index in [-0.39, 0.29) is 17.6 Å². The van der Waals surface area contributed by atoms with E-state index in [0.717, 1.165) is 24.3 Å². The van der Waals surface area contributed by atoms with Crippen molar-refractivity contribution in [2.75, 3.05) is 0 Å². The van der Waals surface area contributed by atoms with E-state index in [1.165, 1.54) is 12.2 Å². The van der Waals surface area contributed by atoms with Crippen molar-refractivity contribution in [3.63, 3.8) is 0 Å². The van der Waals surface area contributed by atoms with Crippen LogP contribution in [0.15, 0.2) is 47.6 Å². The van der Waals surface area contributed by atoms with Crippen molar-refractivity contribution in [1.29, 1.82) is 0 Å². The molecule has 0 saturated carbocycles. The van der Waals surface area contributed by atoms with E-state index in [1.54, 1.807) is 0 Å². The zero-order valence-electron chi connectivity index (χ0n) is 13.2. The molecule has 0 amide bonds. The van der Waals surface area contributed by atoms with Gasteiger partial charge in [0.2, 0.25) is 0 Å². The van der Waals surface area contributed by atoms with Crippen LogP contribution in [0.1, 0.15) is 12.8 Å². The van der Waals surface area contributed by atoms with Crippen molar-refractivity contribution < 1.29 is 44.4 Å². The summed E-state index contributed by atoms with van der Waals surface area (Å²) in [6.45, 7) is 0. The lowest BCUT2D eigenvalue weighted by Gasteiger charge is -2.25. The first kappa shape index (κ1) is 18.8. The van der Waals surface area contributed by atoms with E-state index < -0.39 is 46.9 Å². The van der Waals surface area contributed by atoms with Gasteiger partial charge < -0.3 is 20.4 Å². The Balaban J connectivity index is 2.36. The standard InChI is InChI=1S/C17H14O9/c18-11(9-3-6-16(7-4-9,12(19)20)13(21)22)10-2-1-5-17(8-10,14(23)24)15(25)26/h1-4,6,8H,5,7H2,(H,19,20)(H,21,22)(H,23,24)(H,25,26). The number of carbonyl (C=O) groups excluding carboxylic acids is 1. The number of carboxylic acid groups (broad SMARTS) is 4. The SMILES string of the molecule is O=C(C1=CCC(C(=O)O)(C(=O)O)C=C1)C1=CC(C(=O)O)(C(=O)O)CC=C1. The summed E-state index contributed by atoms with van der Waals surface area (Å²) in [5.41, 5.74) is -4.70. The zero-order chi connectivity index (χ0) is 19.7. The molecule has 2 rings (SSSR count). The van der Waals surface area contributed by atoms with Crippen LogP contribution < -0.4 is 0 Å². The number of allylic oxidation sites excluding steroid dienone is 6. The van der Waals surface area contributed by atoms with E-state index in [1.807, 2.05) is 0 Å². The third-order valence-electron chi connectivity index (χ3n) is 4.38. The third kappa shape index (κ3) is 2.83. The molecule has 2 aliphatic rings. The van der Waals surface area contributed by atoms with Gasteiger partial charge in [-0.15, -0.1) is 0 Å². The molecule has 0 bridgehead atoms. The van der Waals surface area contributed by atoms with Crippen LogP contribution in [0, 0.1) is 10.8 Å². The zero-order valence-corrected chi connectivity index (χ0v) is 13.2. The van der Waals surface area contributed by atoms with Gasteiger partial charge in [-0.1, -0.05) is 30.4 Å². The number of rotatable bonds is 6. The van der Waals surface area contributed by atoms with E-state index >= 15 is 0 Å². The third-order valence-corrected chi connectivity index (χ3v) is 4.38. The number of Topliss-reactive ketones (excluding diaryl/α,β-unsaturated/α-hetero) is 1. The van der Waals surface area contributed by atoms with Crippen molar-refractivity contribution in [3.05, 3.63) is 47.6 Å². The van der Waals surface area contributed by atoms with Crippen LogP contribution in [-0.4, -0.2) is 50.1 Å². The predicted molar refractivity (Wildman–Crippen MR) is 84.1 cm³/mol. The Morgan fingerprint density at radius 3 is 1.69 bits per heavy atom. The molecular weight excluding hydrogens is 348 g/mol. The Labute approximate surface area is 146 Å². The minimum absolute atomic E-state index is 0.0504. The van der Waals surface area contributed by atoms with Gasteiger partial charge in [0.25, 0.3) is 0 Å². The Kier molecular flexibility index (Phi) is 4.66. The highest BCUT2D eigenvalue weighted by Crippen LogP contribution is 2.35. The molecule has 0 fully saturated rings. The van der Waals surface area contributed by atoms with Crippen LogP contribution in [0.2, 0.25) is 0 Å². The van der Waals surface area contributed by atoms with Crippen molar-refractivity contribution in [2.45, 2.75) is 12.8 Å². The average molecular weight is 362 g/mol. The molecule has 26 heavy (non-hydrogen) atoms. The Morgan fingerprint density at radius 1 is 0.731 bits per heavy atom. The average Bonchev–Trinajstić information content (AvgIpc) is 2.60. The van der Waals surface area contributed by atoms with Gasteiger partial charge in [0.15, 0.2) is 16.6 Å². The highest BCUT2D eigenvalue weighted by molar-refractivity contribution is 6.14. The maximum atomic E-state index is 12.5. The van der Waals surface area contributed by atoms with Gasteiger partial charge in [0.1, 0.15) is 0 Å². The van der Waals surface area contributed by atoms with Crippen LogP contribution in [0.4, 0.5) is 0 Å². The second kappa shape index (κ2) is 6.43. The minimum atomic E-state index is -2.27. The highest BCUT2D eigenvalue weighted by Gasteiger charge is 2.47. The van der Waals surface area contributed by atoms with Gasteiger partial charge >= 0.3 is 23.9 Å². The summed E-state index contributed by atoms with van der Waals surface area (Å²) in [5.74, 6) is -7.14. The molecule has 4 N–H and O–H groups in total. The topological polar surface area (TPSA) is 166 Å². The molecule has 0 radical (unpaired) electrons. The van der Waals surface area contributed by atoms with Crippen LogP contribution in [0.5, 0.6) is 0 Å². The summed E-state index contributed by atoms with van der Waals surface area (Å²) < 4.78 is 0. The number of hydrogen-bond donors (Lipinski definition) is 4. The molecule has 136 valence electrons. The van der Waals surface area contributed by atoms with Crippen LogP contribution >= 0.6 is 0 Å². The van der Waals surface area contributed by atoms with Crippen LogP contribution in [0.25, 0.3) is 0 Å². The molecule has 0 aromatic rings. The fraction of sp³-hybridized carbons (Fsp3) is 0.235. The van der Waals surface area contributed by atoms with Crippen molar-refractivity contribution in [3.8, 4) is 0 Å². The summed E-state index contributed by atoms with van der Waals surface area (Å²) in [4.78, 5) is 57.7. The van der Waals surface area contributed by atoms with E-state index in [4.69, 9.17) is 10.2 Å². The Morgan fingerprint density at radius 2 is 1.27 bits per heavy atom. The highest BCUT2D eigenvalue weighted by atomic mass is 16.4. The molecule has 0 saturated heterocycles. The van der Waals surface area contributed by atoms with Gasteiger partial charge in [-0.25, -0.2) is 0 Å². The number of aliphatic carboxylic acids is 4. The summed E-state index contributed by atoms with van der Waals surface area (Å²) in [5, 5.41) is 36.7. The monoisotopic (exact) mass is 362 g/mol. The number of hydrogen-bond acceptors (Lipinski definition) is 5. The van der Waals surface area contributed by atoms with Crippen LogP contribution in [0.3, 0.4) is 0 Å². The summed E-state index contributed by atoms with van der Waals surface area (Å²) in [7, 11) is 0. The molecular formula is C17H14O9. The molecule has 2 aliphatic carbocycles. The molecule has 0 heterocycles. The van der Waals surface area contributed by atoms with Gasteiger partial charge in [0.05, 0.1) is 0 Å². The van der Waals surface area contributed by atoms with Gasteiger partial charge in [0, 0.05) is 11.1 Å². The second-order valence-corrected chi connectivity index (χ2v) is 5.90. The molecule has 9 nitrogen and oxygen atoms in total. The molecule has 9 heteroatoms. The van der Waals surface area contributed by atoms with Gasteiger partial charge in [-0.3, -0.25) is 24.0 Å². The fourth-order valence-corrected chi connectivity index (χ4v) is 2.66. The van der Waals surface area contributed by atoms with E-state index in [0.29, 0.717) is 0 Å². The summed E-state index contributed by atoms with van der Waals surface area (Å²) in [6, 6.07) is 0. The maximum absolute atomic E-state index is 12.5. The smallest absolute Gasteiger partial charge is 0.325 e. The van der Waals surface area contributed by atoms with E-state index in [2.05, 4.69) is 0 Å². The molecule has 0 spiro atoms. The van der Waals surface area contributed by atoms with E-state index in [9.17, 15) is 34.2 Å². The summed E-state index contributed by atoms with van der Waals surface area (Å²) >= 11 is 0. The number of carboxylic acids is 4. The maximum Gasteiger partial charge on any atom is 0.325 e. The van der Waals surface area contributed by atoms with Crippen molar-refractivity contribution in [2.24, 2.45) is 10.8 Å². The number of carbonyl (C=O) groups is 5. The quantitative estimate of drug-likeness (QED) is 0.496. The second-order valence-electron chi connectivity index (χ2n) is 5.90. The first-order valence-electron chi connectivity index (χ1n) is 7.34. The number of ketones is 1. The lowest BCUT2D eigenvalue weighted by Crippen LogP contribution is -2.39. The predicted octanol–water partition coefficient (Wildman–Crippen LogP) is 0.639. The summed E-state index contributed by atoms with van der Waals surface area (Å²) in [6.07, 6.45) is 5.58. The molecule has 0 aliphatic heterocycles. The lowest BCUT2D eigenvalue weighted by atomic mass is 9.76. The molecule has 0 unspecified atom stereocenters. The van der Waals surface area contributed by atoms with Gasteiger partial charge in [-0.2, -0.15) is 0 Å². The van der Waals surface area contributed by atoms with Crippen molar-refractivity contribution in [1.82, 2.24) is 0 Å². The molecule has 0 aromatic heterocycles. The minimum Gasteiger partial charge on any atom is -0.480 e.